The van der Waals surface area contributed by atoms with Gasteiger partial charge in [-0.05, 0) is 42.2 Å². The highest BCUT2D eigenvalue weighted by Gasteiger charge is 2.80. The van der Waals surface area contributed by atoms with Gasteiger partial charge < -0.3 is 39.0 Å². The lowest BCUT2D eigenvalue weighted by Crippen LogP contribution is -2.66. The van der Waals surface area contributed by atoms with Crippen molar-refractivity contribution in [3.63, 3.8) is 0 Å². The number of allylic oxidation sites excluding steroid dienone is 1. The molecule has 14 nitrogen and oxygen atoms in total. The van der Waals surface area contributed by atoms with Crippen molar-refractivity contribution in [3.8, 4) is 0 Å². The minimum absolute atomic E-state index is 0.0923. The first-order chi connectivity index (χ1) is 23.5. The van der Waals surface area contributed by atoms with E-state index in [-0.39, 0.29) is 24.7 Å². The van der Waals surface area contributed by atoms with Crippen LogP contribution in [0.25, 0.3) is 0 Å². The van der Waals surface area contributed by atoms with Gasteiger partial charge in [0.05, 0.1) is 0 Å². The van der Waals surface area contributed by atoms with Gasteiger partial charge in [0.2, 0.25) is 11.4 Å². The molecule has 2 bridgehead atoms. The van der Waals surface area contributed by atoms with E-state index in [2.05, 4.69) is 6.58 Å². The summed E-state index contributed by atoms with van der Waals surface area (Å²) in [6.45, 7) is 12.9. The van der Waals surface area contributed by atoms with Crippen LogP contribution in [0.5, 0.6) is 0 Å². The molecule has 3 rings (SSSR count). The average Bonchev–Trinajstić information content (AvgIpc) is 3.25. The minimum atomic E-state index is -3.08. The van der Waals surface area contributed by atoms with Crippen LogP contribution in [0.4, 0.5) is 0 Å². The zero-order chi connectivity index (χ0) is 37.4. The molecule has 2 fully saturated rings. The van der Waals surface area contributed by atoms with E-state index in [1.54, 1.807) is 0 Å². The molecular weight excluding hydrogens is 656 g/mol. The molecule has 0 amide bonds. The largest absolute Gasteiger partial charge is 0.481 e. The van der Waals surface area contributed by atoms with Crippen LogP contribution in [0.3, 0.4) is 0 Å². The minimum Gasteiger partial charge on any atom is -0.481 e. The van der Waals surface area contributed by atoms with Gasteiger partial charge in [0.1, 0.15) is 12.0 Å². The number of esters is 2. The zero-order valence-electron chi connectivity index (χ0n) is 28.8. The van der Waals surface area contributed by atoms with Crippen molar-refractivity contribution in [2.45, 2.75) is 103 Å². The molecule has 0 unspecified atom stereocenters. The summed E-state index contributed by atoms with van der Waals surface area (Å²) in [6, 6.07) is 9.35. The highest BCUT2D eigenvalue weighted by Crippen LogP contribution is 2.55. The number of ether oxygens (including phenoxy) is 5. The Kier molecular flexibility index (Phi) is 13.5. The van der Waals surface area contributed by atoms with Gasteiger partial charge >= 0.3 is 29.8 Å². The van der Waals surface area contributed by atoms with Crippen LogP contribution in [-0.2, 0) is 58.9 Å². The highest BCUT2D eigenvalue weighted by atomic mass is 16.8. The predicted octanol–water partition coefficient (Wildman–Crippen LogP) is 3.95. The van der Waals surface area contributed by atoms with Crippen LogP contribution in [0.1, 0.15) is 65.9 Å². The smallest absolute Gasteiger partial charge is 0.341 e. The molecular formula is C36H46O14. The van der Waals surface area contributed by atoms with Crippen LogP contribution in [0.2, 0.25) is 0 Å². The Morgan fingerprint density at radius 3 is 2.22 bits per heavy atom. The zero-order valence-corrected chi connectivity index (χ0v) is 28.8. The number of carboxylic acids is 3. The number of carboxylic acid groups (broad SMARTS) is 3. The molecule has 0 spiro atoms. The summed E-state index contributed by atoms with van der Waals surface area (Å²) in [7, 11) is 0. The number of rotatable bonds is 19. The van der Waals surface area contributed by atoms with E-state index in [4.69, 9.17) is 23.7 Å². The summed E-state index contributed by atoms with van der Waals surface area (Å²) in [5, 5.41) is 30.8. The standard InChI is InChI=1S/C36H46O14/c1-7-20(2)17-21(3)13-14-26(39)48-31-30(46-19-37)35(49-29(33(42)43)27(32(40)41)36(31,50-35)34(44)45)16-15-22(4)28(47-24(6)38)23(5)18-25-11-9-8-10-12-25/h8-14,19-21,23,27-31H,4,7,15-18H2,1-3,5-6H3,(H,40,41)(H,42,43)(H,44,45)/b14-13+/t20-,21+,23+,27-,28+,29-,30+,31+,35-,36-/m0/s1. The Hall–Kier alpha value is -4.56. The summed E-state index contributed by atoms with van der Waals surface area (Å²) in [5.74, 6) is -12.5. The molecule has 2 saturated heterocycles. The molecule has 50 heavy (non-hydrogen) atoms. The maximum Gasteiger partial charge on any atom is 0.341 e. The molecule has 274 valence electrons. The van der Waals surface area contributed by atoms with Gasteiger partial charge in [-0.3, -0.25) is 14.4 Å². The summed E-state index contributed by atoms with van der Waals surface area (Å²) < 4.78 is 28.1. The van der Waals surface area contributed by atoms with Crippen molar-refractivity contribution >= 4 is 36.3 Å². The van der Waals surface area contributed by atoms with Crippen LogP contribution >= 0.6 is 0 Å². The Balaban J connectivity index is 2.05. The molecule has 2 aliphatic heterocycles. The Morgan fingerprint density at radius 1 is 1.02 bits per heavy atom. The fourth-order valence-corrected chi connectivity index (χ4v) is 6.78. The Labute approximate surface area is 290 Å². The van der Waals surface area contributed by atoms with Crippen molar-refractivity contribution in [2.24, 2.45) is 23.7 Å². The Morgan fingerprint density at radius 2 is 1.68 bits per heavy atom. The first-order valence-corrected chi connectivity index (χ1v) is 16.5. The third-order valence-electron chi connectivity index (χ3n) is 9.29. The molecule has 0 aliphatic carbocycles. The predicted molar refractivity (Wildman–Crippen MR) is 174 cm³/mol. The van der Waals surface area contributed by atoms with Gasteiger partial charge in [-0.1, -0.05) is 77.1 Å². The normalized spacial score (nSPS) is 28.1. The van der Waals surface area contributed by atoms with E-state index in [1.807, 2.05) is 58.0 Å². The van der Waals surface area contributed by atoms with E-state index in [1.165, 1.54) is 13.0 Å². The van der Waals surface area contributed by atoms with Gasteiger partial charge in [-0.2, -0.15) is 0 Å². The third kappa shape index (κ3) is 8.77. The number of carbonyl (C=O) groups excluding carboxylic acids is 3. The lowest BCUT2D eigenvalue weighted by atomic mass is 9.78. The van der Waals surface area contributed by atoms with Gasteiger partial charge in [0, 0.05) is 25.3 Å². The average molecular weight is 703 g/mol. The lowest BCUT2D eigenvalue weighted by molar-refractivity contribution is -0.341. The maximum atomic E-state index is 13.2. The van der Waals surface area contributed by atoms with Gasteiger partial charge in [-0.25, -0.2) is 14.4 Å². The van der Waals surface area contributed by atoms with E-state index >= 15 is 0 Å². The van der Waals surface area contributed by atoms with Crippen molar-refractivity contribution in [2.75, 3.05) is 0 Å². The van der Waals surface area contributed by atoms with Crippen LogP contribution < -0.4 is 0 Å². The van der Waals surface area contributed by atoms with Crippen molar-refractivity contribution in [3.05, 3.63) is 60.2 Å². The molecule has 0 aromatic heterocycles. The second-order valence-electron chi connectivity index (χ2n) is 13.2. The van der Waals surface area contributed by atoms with E-state index in [0.717, 1.165) is 24.5 Å². The molecule has 14 heteroatoms. The summed E-state index contributed by atoms with van der Waals surface area (Å²) in [6.07, 6.45) is -3.33. The quantitative estimate of drug-likeness (QED) is 0.0613. The van der Waals surface area contributed by atoms with E-state index < -0.39 is 78.0 Å². The summed E-state index contributed by atoms with van der Waals surface area (Å²) in [5.41, 5.74) is -1.84. The molecule has 1 aromatic carbocycles. The topological polar surface area (TPSA) is 209 Å². The maximum absolute atomic E-state index is 13.2. The first-order valence-electron chi connectivity index (χ1n) is 16.5. The van der Waals surface area contributed by atoms with Crippen molar-refractivity contribution in [1.29, 1.82) is 0 Å². The van der Waals surface area contributed by atoms with Crippen LogP contribution in [-0.4, -0.2) is 87.4 Å². The van der Waals surface area contributed by atoms with Gasteiger partial charge in [0.25, 0.3) is 6.47 Å². The molecule has 2 aliphatic rings. The number of carbonyl (C=O) groups is 6. The SMILES string of the molecule is C=C(CC[C@]12O[C@H](C(=O)O)[C@@H](C(=O)O)[C@](C(=O)O)(O1)[C@H](OC(=O)/C=C/[C@@H](C)C[C@@H](C)CC)[C@H]2OC=O)[C@@H](OC(C)=O)[C@H](C)Cc1ccccc1. The second-order valence-corrected chi connectivity index (χ2v) is 13.2. The number of benzene rings is 1. The monoisotopic (exact) mass is 702 g/mol. The molecule has 0 radical (unpaired) electrons. The van der Waals surface area contributed by atoms with E-state index in [9.17, 15) is 44.1 Å². The fraction of sp³-hybridized carbons (Fsp3) is 0.556. The fourth-order valence-electron chi connectivity index (χ4n) is 6.78. The van der Waals surface area contributed by atoms with Gasteiger partial charge in [-0.15, -0.1) is 0 Å². The van der Waals surface area contributed by atoms with Crippen molar-refractivity contribution in [1.82, 2.24) is 0 Å². The summed E-state index contributed by atoms with van der Waals surface area (Å²) in [4.78, 5) is 75.3. The molecule has 10 atom stereocenters. The summed E-state index contributed by atoms with van der Waals surface area (Å²) >= 11 is 0. The third-order valence-corrected chi connectivity index (χ3v) is 9.29. The molecule has 2 heterocycles. The van der Waals surface area contributed by atoms with Gasteiger partial charge in [0.15, 0.2) is 18.3 Å². The second kappa shape index (κ2) is 16.9. The highest BCUT2D eigenvalue weighted by molar-refractivity contribution is 5.93. The number of aliphatic carboxylic acids is 3. The molecule has 3 N–H and O–H groups in total. The van der Waals surface area contributed by atoms with Crippen molar-refractivity contribution < 1.29 is 67.8 Å². The van der Waals surface area contributed by atoms with Crippen LogP contribution in [0.15, 0.2) is 54.6 Å². The number of hydrogen-bond acceptors (Lipinski definition) is 11. The van der Waals surface area contributed by atoms with E-state index in [0.29, 0.717) is 17.9 Å². The molecule has 1 aromatic rings. The Bertz CT molecular complexity index is 1460. The van der Waals surface area contributed by atoms with Crippen LogP contribution in [0, 0.1) is 23.7 Å². The number of fused-ring (bicyclic) bond motifs is 2. The number of hydrogen-bond donors (Lipinski definition) is 3. The lowest BCUT2D eigenvalue weighted by Gasteiger charge is -2.44. The first kappa shape index (κ1) is 39.9. The molecule has 0 saturated carbocycles.